The highest BCUT2D eigenvalue weighted by atomic mass is 32.2. The molecule has 1 heterocycles. The van der Waals surface area contributed by atoms with E-state index in [0.717, 1.165) is 12.1 Å². The fraction of sp³-hybridized carbons (Fsp3) is 0.0769. The fourth-order valence-corrected chi connectivity index (χ4v) is 3.12. The van der Waals surface area contributed by atoms with Gasteiger partial charge in [-0.1, -0.05) is 0 Å². The molecule has 3 aromatic rings. The zero-order valence-corrected chi connectivity index (χ0v) is 12.1. The Morgan fingerprint density at radius 1 is 1.09 bits per heavy atom. The van der Waals surface area contributed by atoms with Crippen molar-refractivity contribution < 1.29 is 22.2 Å². The van der Waals surface area contributed by atoms with E-state index in [2.05, 4.69) is 19.7 Å². The number of ether oxygens (including phenoxy) is 1. The van der Waals surface area contributed by atoms with Gasteiger partial charge in [0, 0.05) is 5.69 Å². The van der Waals surface area contributed by atoms with Crippen LogP contribution in [0.4, 0.5) is 10.1 Å². The van der Waals surface area contributed by atoms with Crippen LogP contribution < -0.4 is 9.46 Å². The van der Waals surface area contributed by atoms with Gasteiger partial charge < -0.3 is 4.74 Å². The molecule has 114 valence electrons. The maximum absolute atomic E-state index is 12.9. The summed E-state index contributed by atoms with van der Waals surface area (Å²) in [5.41, 5.74) is 0.472. The van der Waals surface area contributed by atoms with Crippen molar-refractivity contribution in [3.8, 4) is 5.75 Å². The molecule has 7 nitrogen and oxygen atoms in total. The molecule has 0 fully saturated rings. The van der Waals surface area contributed by atoms with Crippen LogP contribution in [0.5, 0.6) is 5.75 Å². The summed E-state index contributed by atoms with van der Waals surface area (Å²) in [5.74, 6) is -0.118. The standard InChI is InChI=1S/C13H10FN3O4S/c1-20-10-6-7-11(13-12(10)15-21-16-13)22(18,19)17-9-4-2-8(14)3-5-9/h2-7,17H,1H3. The van der Waals surface area contributed by atoms with Gasteiger partial charge in [0.05, 0.1) is 7.11 Å². The summed E-state index contributed by atoms with van der Waals surface area (Å²) in [6.45, 7) is 0. The Bertz CT molecular complexity index is 922. The predicted octanol–water partition coefficient (Wildman–Crippen LogP) is 2.17. The fourth-order valence-electron chi connectivity index (χ4n) is 1.93. The van der Waals surface area contributed by atoms with Crippen LogP contribution in [0.2, 0.25) is 0 Å². The first kappa shape index (κ1) is 14.3. The Kier molecular flexibility index (Phi) is 3.41. The lowest BCUT2D eigenvalue weighted by Gasteiger charge is -2.09. The van der Waals surface area contributed by atoms with Gasteiger partial charge in [0.25, 0.3) is 10.0 Å². The SMILES string of the molecule is COc1ccc(S(=O)(=O)Nc2ccc(F)cc2)c2nonc12. The summed E-state index contributed by atoms with van der Waals surface area (Å²) in [6.07, 6.45) is 0. The number of methoxy groups -OCH3 is 1. The first-order chi connectivity index (χ1) is 10.5. The van der Waals surface area contributed by atoms with Gasteiger partial charge in [0.1, 0.15) is 16.5 Å². The summed E-state index contributed by atoms with van der Waals surface area (Å²) in [4.78, 5) is -0.117. The largest absolute Gasteiger partial charge is 0.494 e. The molecule has 0 spiro atoms. The van der Waals surface area contributed by atoms with Crippen LogP contribution in [0.3, 0.4) is 0 Å². The minimum atomic E-state index is -3.94. The Hall–Kier alpha value is -2.68. The molecular weight excluding hydrogens is 313 g/mol. The molecule has 22 heavy (non-hydrogen) atoms. The molecule has 0 atom stereocenters. The molecular formula is C13H10FN3O4S. The lowest BCUT2D eigenvalue weighted by Crippen LogP contribution is -2.13. The van der Waals surface area contributed by atoms with Crippen molar-refractivity contribution in [3.63, 3.8) is 0 Å². The van der Waals surface area contributed by atoms with E-state index in [4.69, 9.17) is 4.74 Å². The molecule has 0 aliphatic heterocycles. The minimum Gasteiger partial charge on any atom is -0.494 e. The van der Waals surface area contributed by atoms with Crippen LogP contribution in [0.15, 0.2) is 45.9 Å². The molecule has 0 saturated carbocycles. The molecule has 1 aromatic heterocycles. The average molecular weight is 323 g/mol. The topological polar surface area (TPSA) is 94.3 Å². The Labute approximate surface area is 124 Å². The highest BCUT2D eigenvalue weighted by Crippen LogP contribution is 2.29. The number of hydrogen-bond acceptors (Lipinski definition) is 6. The molecule has 3 rings (SSSR count). The first-order valence-electron chi connectivity index (χ1n) is 6.09. The van der Waals surface area contributed by atoms with Gasteiger partial charge in [-0.15, -0.1) is 0 Å². The van der Waals surface area contributed by atoms with Crippen molar-refractivity contribution in [2.24, 2.45) is 0 Å². The average Bonchev–Trinajstić information content (AvgIpc) is 2.97. The molecule has 0 aliphatic carbocycles. The highest BCUT2D eigenvalue weighted by molar-refractivity contribution is 7.93. The third-order valence-electron chi connectivity index (χ3n) is 2.95. The van der Waals surface area contributed by atoms with Crippen molar-refractivity contribution in [3.05, 3.63) is 42.2 Å². The quantitative estimate of drug-likeness (QED) is 0.791. The predicted molar refractivity (Wildman–Crippen MR) is 75.6 cm³/mol. The highest BCUT2D eigenvalue weighted by Gasteiger charge is 2.23. The maximum Gasteiger partial charge on any atom is 0.264 e. The van der Waals surface area contributed by atoms with Crippen LogP contribution in [-0.4, -0.2) is 25.8 Å². The molecule has 1 N–H and O–H groups in total. The number of sulfonamides is 1. The van der Waals surface area contributed by atoms with E-state index >= 15 is 0 Å². The number of halogens is 1. The van der Waals surface area contributed by atoms with Crippen LogP contribution in [0.1, 0.15) is 0 Å². The molecule has 0 unspecified atom stereocenters. The number of rotatable bonds is 4. The summed E-state index contributed by atoms with van der Waals surface area (Å²) in [6, 6.07) is 7.71. The van der Waals surface area contributed by atoms with E-state index in [0.29, 0.717) is 5.75 Å². The van der Waals surface area contributed by atoms with Crippen LogP contribution in [0.25, 0.3) is 11.0 Å². The Balaban J connectivity index is 2.06. The molecule has 0 saturated heterocycles. The third-order valence-corrected chi connectivity index (χ3v) is 4.36. The maximum atomic E-state index is 12.9. The van der Waals surface area contributed by atoms with Crippen LogP contribution >= 0.6 is 0 Å². The normalized spacial score (nSPS) is 11.5. The van der Waals surface area contributed by atoms with Crippen molar-refractivity contribution in [2.75, 3.05) is 11.8 Å². The number of nitrogens with one attached hydrogen (secondary N) is 1. The second kappa shape index (κ2) is 5.26. The smallest absolute Gasteiger partial charge is 0.264 e. The van der Waals surface area contributed by atoms with E-state index in [1.54, 1.807) is 0 Å². The second-order valence-corrected chi connectivity index (χ2v) is 5.99. The molecule has 0 bridgehead atoms. The lowest BCUT2D eigenvalue weighted by atomic mass is 10.3. The van der Waals surface area contributed by atoms with Gasteiger partial charge in [-0.3, -0.25) is 4.72 Å². The van der Waals surface area contributed by atoms with E-state index in [1.165, 1.54) is 31.4 Å². The van der Waals surface area contributed by atoms with Crippen LogP contribution in [-0.2, 0) is 10.0 Å². The number of nitrogens with zero attached hydrogens (tertiary/aromatic N) is 2. The summed E-state index contributed by atoms with van der Waals surface area (Å²) < 4.78 is 49.7. The zero-order valence-electron chi connectivity index (χ0n) is 11.3. The molecule has 2 aromatic carbocycles. The van der Waals surface area contributed by atoms with E-state index in [-0.39, 0.29) is 21.6 Å². The molecule has 0 aliphatic rings. The molecule has 9 heteroatoms. The van der Waals surface area contributed by atoms with Crippen molar-refractivity contribution in [2.45, 2.75) is 4.90 Å². The van der Waals surface area contributed by atoms with E-state index in [1.807, 2.05) is 0 Å². The molecule has 0 amide bonds. The number of aromatic nitrogens is 2. The second-order valence-electron chi connectivity index (χ2n) is 4.34. The monoisotopic (exact) mass is 323 g/mol. The zero-order chi connectivity index (χ0) is 15.7. The number of fused-ring (bicyclic) bond motifs is 1. The summed E-state index contributed by atoms with van der Waals surface area (Å²) in [5, 5.41) is 7.23. The van der Waals surface area contributed by atoms with Crippen molar-refractivity contribution >= 4 is 26.7 Å². The summed E-state index contributed by atoms with van der Waals surface area (Å²) in [7, 11) is -2.51. The van der Waals surface area contributed by atoms with Gasteiger partial charge in [-0.25, -0.2) is 17.4 Å². The van der Waals surface area contributed by atoms with Gasteiger partial charge in [0.15, 0.2) is 11.0 Å². The molecule has 0 radical (unpaired) electrons. The number of hydrogen-bond donors (Lipinski definition) is 1. The van der Waals surface area contributed by atoms with Crippen molar-refractivity contribution in [1.82, 2.24) is 10.3 Å². The van der Waals surface area contributed by atoms with Gasteiger partial charge >= 0.3 is 0 Å². The third kappa shape index (κ3) is 2.46. The van der Waals surface area contributed by atoms with Gasteiger partial charge in [-0.05, 0) is 46.7 Å². The van der Waals surface area contributed by atoms with Crippen LogP contribution in [0, 0.1) is 5.82 Å². The lowest BCUT2D eigenvalue weighted by molar-refractivity contribution is 0.313. The minimum absolute atomic E-state index is 0.0500. The Morgan fingerprint density at radius 2 is 1.77 bits per heavy atom. The van der Waals surface area contributed by atoms with Gasteiger partial charge in [0.2, 0.25) is 0 Å². The Morgan fingerprint density at radius 3 is 2.45 bits per heavy atom. The van der Waals surface area contributed by atoms with Crippen molar-refractivity contribution in [1.29, 1.82) is 0 Å². The van der Waals surface area contributed by atoms with E-state index < -0.39 is 15.8 Å². The summed E-state index contributed by atoms with van der Waals surface area (Å²) >= 11 is 0. The number of anilines is 1. The first-order valence-corrected chi connectivity index (χ1v) is 7.57. The number of benzene rings is 2. The van der Waals surface area contributed by atoms with Gasteiger partial charge in [-0.2, -0.15) is 0 Å². The van der Waals surface area contributed by atoms with E-state index in [9.17, 15) is 12.8 Å².